The molecule has 2 aromatic carbocycles. The molecule has 0 bridgehead atoms. The number of rotatable bonds is 5. The molecule has 0 saturated heterocycles. The summed E-state index contributed by atoms with van der Waals surface area (Å²) in [4.78, 5) is 4.30. The highest BCUT2D eigenvalue weighted by molar-refractivity contribution is 5.92. The Morgan fingerprint density at radius 1 is 1.25 bits per heavy atom. The molecule has 4 nitrogen and oxygen atoms in total. The van der Waals surface area contributed by atoms with Gasteiger partial charge in [0.25, 0.3) is 0 Å². The minimum atomic E-state index is -0.319. The molecular formula is C19H22FN3O. The van der Waals surface area contributed by atoms with Gasteiger partial charge in [0.05, 0.1) is 6.54 Å². The molecule has 24 heavy (non-hydrogen) atoms. The number of benzene rings is 2. The average Bonchev–Trinajstić information content (AvgIpc) is 3.00. The zero-order chi connectivity index (χ0) is 16.9. The van der Waals surface area contributed by atoms with E-state index in [-0.39, 0.29) is 11.9 Å². The van der Waals surface area contributed by atoms with Crippen LogP contribution in [0.15, 0.2) is 47.5 Å². The van der Waals surface area contributed by atoms with Crippen molar-refractivity contribution in [3.05, 3.63) is 59.4 Å². The quantitative estimate of drug-likeness (QED) is 0.652. The van der Waals surface area contributed by atoms with Crippen LogP contribution < -0.4 is 15.8 Å². The van der Waals surface area contributed by atoms with Crippen LogP contribution in [0.3, 0.4) is 0 Å². The number of nitrogens with zero attached hydrogens (tertiary/aromatic N) is 1. The SMILES string of the molecule is CC(CN=C(N)Nc1ccc2c(c1)CCC2)Oc1cccc(F)c1. The van der Waals surface area contributed by atoms with Crippen LogP contribution in [-0.4, -0.2) is 18.6 Å². The number of hydrogen-bond acceptors (Lipinski definition) is 2. The standard InChI is InChI=1S/C19H22FN3O/c1-13(24-18-7-3-6-16(20)11-18)12-22-19(21)23-17-9-8-14-4-2-5-15(14)10-17/h3,6-11,13H,2,4-5,12H2,1H3,(H3,21,22,23). The largest absolute Gasteiger partial charge is 0.489 e. The van der Waals surface area contributed by atoms with Gasteiger partial charge in [-0.05, 0) is 61.6 Å². The van der Waals surface area contributed by atoms with Crippen LogP contribution in [0.25, 0.3) is 0 Å². The van der Waals surface area contributed by atoms with E-state index in [1.54, 1.807) is 12.1 Å². The molecule has 1 aliphatic carbocycles. The van der Waals surface area contributed by atoms with Gasteiger partial charge in [-0.15, -0.1) is 0 Å². The van der Waals surface area contributed by atoms with Gasteiger partial charge in [0.2, 0.25) is 0 Å². The molecule has 0 spiro atoms. The van der Waals surface area contributed by atoms with E-state index in [2.05, 4.69) is 22.4 Å². The summed E-state index contributed by atoms with van der Waals surface area (Å²) in [6.07, 6.45) is 3.30. The molecule has 5 heteroatoms. The third kappa shape index (κ3) is 4.25. The van der Waals surface area contributed by atoms with E-state index >= 15 is 0 Å². The Labute approximate surface area is 141 Å². The van der Waals surface area contributed by atoms with Gasteiger partial charge in [-0.2, -0.15) is 0 Å². The maximum absolute atomic E-state index is 13.1. The number of aryl methyl sites for hydroxylation is 2. The summed E-state index contributed by atoms with van der Waals surface area (Å²) in [7, 11) is 0. The van der Waals surface area contributed by atoms with E-state index in [0.29, 0.717) is 18.3 Å². The van der Waals surface area contributed by atoms with E-state index in [4.69, 9.17) is 10.5 Å². The predicted molar refractivity (Wildman–Crippen MR) is 95.1 cm³/mol. The van der Waals surface area contributed by atoms with Gasteiger partial charge in [0.15, 0.2) is 5.96 Å². The minimum Gasteiger partial charge on any atom is -0.489 e. The zero-order valence-corrected chi connectivity index (χ0v) is 13.8. The highest BCUT2D eigenvalue weighted by atomic mass is 19.1. The Morgan fingerprint density at radius 2 is 2.08 bits per heavy atom. The number of guanidine groups is 1. The topological polar surface area (TPSA) is 59.6 Å². The van der Waals surface area contributed by atoms with Crippen LogP contribution in [-0.2, 0) is 12.8 Å². The normalized spacial score (nSPS) is 15.0. The van der Waals surface area contributed by atoms with Crippen molar-refractivity contribution in [2.24, 2.45) is 10.7 Å². The van der Waals surface area contributed by atoms with E-state index in [0.717, 1.165) is 18.5 Å². The first-order valence-electron chi connectivity index (χ1n) is 8.21. The van der Waals surface area contributed by atoms with Crippen LogP contribution in [0.2, 0.25) is 0 Å². The number of nitrogens with two attached hydrogens (primary N) is 1. The number of fused-ring (bicyclic) bond motifs is 1. The molecule has 0 heterocycles. The van der Waals surface area contributed by atoms with E-state index < -0.39 is 0 Å². The molecular weight excluding hydrogens is 305 g/mol. The average molecular weight is 327 g/mol. The Morgan fingerprint density at radius 3 is 2.92 bits per heavy atom. The lowest BCUT2D eigenvalue weighted by molar-refractivity contribution is 0.229. The molecule has 0 aliphatic heterocycles. The highest BCUT2D eigenvalue weighted by Gasteiger charge is 2.11. The molecule has 3 N–H and O–H groups in total. The molecule has 0 aromatic heterocycles. The van der Waals surface area contributed by atoms with Gasteiger partial charge in [-0.3, -0.25) is 0 Å². The molecule has 2 aromatic rings. The summed E-state index contributed by atoms with van der Waals surface area (Å²) >= 11 is 0. The van der Waals surface area contributed by atoms with Gasteiger partial charge >= 0.3 is 0 Å². The molecule has 0 saturated carbocycles. The van der Waals surface area contributed by atoms with Crippen molar-refractivity contribution >= 4 is 11.6 Å². The zero-order valence-electron chi connectivity index (χ0n) is 13.8. The molecule has 0 amide bonds. The van der Waals surface area contributed by atoms with E-state index in [9.17, 15) is 4.39 Å². The maximum atomic E-state index is 13.1. The molecule has 1 unspecified atom stereocenters. The van der Waals surface area contributed by atoms with E-state index in [1.165, 1.54) is 29.7 Å². The van der Waals surface area contributed by atoms with Crippen LogP contribution in [0.4, 0.5) is 10.1 Å². The van der Waals surface area contributed by atoms with Gasteiger partial charge in [-0.25, -0.2) is 9.38 Å². The lowest BCUT2D eigenvalue weighted by Crippen LogP contribution is -2.25. The Kier molecular flexibility index (Phi) is 4.99. The number of ether oxygens (including phenoxy) is 1. The first-order valence-corrected chi connectivity index (χ1v) is 8.21. The number of hydrogen-bond donors (Lipinski definition) is 2. The third-order valence-corrected chi connectivity index (χ3v) is 4.02. The number of halogens is 1. The van der Waals surface area contributed by atoms with Crippen molar-refractivity contribution in [3.63, 3.8) is 0 Å². The Bertz CT molecular complexity index is 745. The summed E-state index contributed by atoms with van der Waals surface area (Å²) in [5.41, 5.74) is 9.70. The Balaban J connectivity index is 1.54. The van der Waals surface area contributed by atoms with Crippen molar-refractivity contribution in [2.75, 3.05) is 11.9 Å². The van der Waals surface area contributed by atoms with Gasteiger partial charge in [0.1, 0.15) is 17.7 Å². The van der Waals surface area contributed by atoms with E-state index in [1.807, 2.05) is 13.0 Å². The van der Waals surface area contributed by atoms with Crippen molar-refractivity contribution < 1.29 is 9.13 Å². The first-order chi connectivity index (χ1) is 11.6. The van der Waals surface area contributed by atoms with Gasteiger partial charge < -0.3 is 15.8 Å². The van der Waals surface area contributed by atoms with Crippen molar-refractivity contribution in [1.82, 2.24) is 0 Å². The fourth-order valence-electron chi connectivity index (χ4n) is 2.87. The summed E-state index contributed by atoms with van der Waals surface area (Å²) in [5, 5.41) is 3.11. The maximum Gasteiger partial charge on any atom is 0.193 e. The van der Waals surface area contributed by atoms with Gasteiger partial charge in [0, 0.05) is 11.8 Å². The summed E-state index contributed by atoms with van der Waals surface area (Å²) in [5.74, 6) is 0.520. The third-order valence-electron chi connectivity index (χ3n) is 4.02. The second kappa shape index (κ2) is 7.34. The lowest BCUT2D eigenvalue weighted by atomic mass is 10.1. The molecule has 3 rings (SSSR count). The fourth-order valence-corrected chi connectivity index (χ4v) is 2.87. The van der Waals surface area contributed by atoms with Crippen molar-refractivity contribution in [2.45, 2.75) is 32.3 Å². The molecule has 0 radical (unpaired) electrons. The number of anilines is 1. The Hall–Kier alpha value is -2.56. The molecule has 1 aliphatic rings. The van der Waals surface area contributed by atoms with Crippen molar-refractivity contribution in [3.8, 4) is 5.75 Å². The smallest absolute Gasteiger partial charge is 0.193 e. The summed E-state index contributed by atoms with van der Waals surface area (Å²) in [6, 6.07) is 12.4. The fraction of sp³-hybridized carbons (Fsp3) is 0.316. The molecule has 1 atom stereocenters. The molecule has 126 valence electrons. The summed E-state index contributed by atoms with van der Waals surface area (Å²) < 4.78 is 18.8. The van der Waals surface area contributed by atoms with Crippen LogP contribution in [0.5, 0.6) is 5.75 Å². The monoisotopic (exact) mass is 327 g/mol. The second-order valence-electron chi connectivity index (χ2n) is 6.07. The number of nitrogens with one attached hydrogen (secondary N) is 1. The first kappa shape index (κ1) is 16.3. The predicted octanol–water partition coefficient (Wildman–Crippen LogP) is 3.51. The second-order valence-corrected chi connectivity index (χ2v) is 6.07. The van der Waals surface area contributed by atoms with Crippen LogP contribution in [0.1, 0.15) is 24.5 Å². The minimum absolute atomic E-state index is 0.202. The number of aliphatic imine (C=N–C) groups is 1. The highest BCUT2D eigenvalue weighted by Crippen LogP contribution is 2.24. The lowest BCUT2D eigenvalue weighted by Gasteiger charge is -2.13. The van der Waals surface area contributed by atoms with Crippen LogP contribution in [0, 0.1) is 5.82 Å². The van der Waals surface area contributed by atoms with Gasteiger partial charge in [-0.1, -0.05) is 12.1 Å². The van der Waals surface area contributed by atoms with Crippen molar-refractivity contribution in [1.29, 1.82) is 0 Å². The molecule has 0 fully saturated rings. The summed E-state index contributed by atoms with van der Waals surface area (Å²) in [6.45, 7) is 2.26. The van der Waals surface area contributed by atoms with Crippen LogP contribution >= 0.6 is 0 Å².